The molecular formula is C88H110N20O34P6. The SMILES string of the molecule is CCNc1cc2oc3cc(=[NH+]CC)c(C)cc-3c(-c3ccccc3C(=O)N(C)CCCC(=O)OCCNC(=O)O[C@@H]3[C@H](O)[C@@H](COP(=O)(O)OP(=O)(O)NP(=O)([O-])O)O[C@H]3n3cnc4c(N)ncnc43)c2cc1C.CCNc1cc2oc3cc(=[NH+]CC)c(C)cc-3c(-c3ccccc3C(=O)N(C)CCCC(=O)OCCNC(=O)O[C@H]3[C@@H](O)[C@H](n4cnc5c(N)ncnc54)O[C@@H]3COP(=O)(O)OP(=O)(O)NP(=O)([O-])O)c2cc1C. The number of phosphoric ester groups is 2. The van der Waals surface area contributed by atoms with Crippen molar-refractivity contribution in [1.29, 1.82) is 0 Å². The molecule has 4 aromatic heterocycles. The van der Waals surface area contributed by atoms with Gasteiger partial charge in [0.1, 0.15) is 97.1 Å². The van der Waals surface area contributed by atoms with Crippen LogP contribution in [0.2, 0.25) is 0 Å². The number of aromatic nitrogens is 8. The number of imidazole rings is 2. The fourth-order valence-electron chi connectivity index (χ4n) is 16.5. The number of fused-ring (bicyclic) bond motifs is 6. The average Bonchev–Trinajstić information content (AvgIpc) is 1.26. The van der Waals surface area contributed by atoms with Gasteiger partial charge >= 0.3 is 55.3 Å². The summed E-state index contributed by atoms with van der Waals surface area (Å²) in [4.78, 5) is 194. The van der Waals surface area contributed by atoms with Gasteiger partial charge in [0, 0.05) is 132 Å². The molecule has 2 aliphatic carbocycles. The quantitative estimate of drug-likeness (QED) is 0.00856. The predicted molar refractivity (Wildman–Crippen MR) is 523 cm³/mol. The van der Waals surface area contributed by atoms with E-state index in [4.69, 9.17) is 63.0 Å². The van der Waals surface area contributed by atoms with Gasteiger partial charge in [-0.05, 0) is 127 Å². The molecule has 0 radical (unpaired) electrons. The Balaban J connectivity index is 0.000000247. The van der Waals surface area contributed by atoms with E-state index in [1.54, 1.807) is 38.4 Å². The first-order valence-corrected chi connectivity index (χ1v) is 55.1. The molecule has 148 heavy (non-hydrogen) atoms. The number of anilines is 4. The highest BCUT2D eigenvalue weighted by Gasteiger charge is 2.52. The molecule has 14 rings (SSSR count). The molecule has 54 nitrogen and oxygen atoms in total. The number of aliphatic hydroxyl groups excluding tert-OH is 2. The Labute approximate surface area is 841 Å². The number of benzene rings is 6. The third-order valence-electron chi connectivity index (χ3n) is 23.0. The number of carbonyl (C=O) groups excluding carboxylic acids is 6. The van der Waals surface area contributed by atoms with Gasteiger partial charge in [-0.2, -0.15) is 18.3 Å². The number of phosphoric acid groups is 2. The van der Waals surface area contributed by atoms with Gasteiger partial charge in [0.05, 0.1) is 51.1 Å². The molecule has 0 saturated carbocycles. The van der Waals surface area contributed by atoms with Crippen molar-refractivity contribution >= 4 is 150 Å². The first kappa shape index (κ1) is 113. The number of amides is 4. The molecule has 8 aromatic rings. The summed E-state index contributed by atoms with van der Waals surface area (Å²) in [6, 6.07) is 30.8. The number of aliphatic hydroxyl groups is 2. The lowest BCUT2D eigenvalue weighted by molar-refractivity contribution is -0.496. The Kier molecular flexibility index (Phi) is 36.6. The summed E-state index contributed by atoms with van der Waals surface area (Å²) < 4.78 is 137. The maximum absolute atomic E-state index is 14.2. The van der Waals surface area contributed by atoms with Crippen LogP contribution >= 0.6 is 46.6 Å². The van der Waals surface area contributed by atoms with E-state index in [2.05, 4.69) is 98.6 Å². The monoisotopic (exact) mass is 2180 g/mol. The minimum Gasteiger partial charge on any atom is -0.766 e. The summed E-state index contributed by atoms with van der Waals surface area (Å²) in [6.45, 7) is 15.9. The van der Waals surface area contributed by atoms with Crippen LogP contribution in [0.5, 0.6) is 0 Å². The van der Waals surface area contributed by atoms with Crippen LogP contribution in [0, 0.1) is 27.7 Å². The second-order valence-corrected chi connectivity index (χ2v) is 43.2. The largest absolute Gasteiger partial charge is 0.766 e. The van der Waals surface area contributed by atoms with Gasteiger partial charge in [0.15, 0.2) is 47.6 Å². The number of carbonyl (C=O) groups is 6. The Bertz CT molecular complexity index is 7370. The van der Waals surface area contributed by atoms with Gasteiger partial charge in [-0.15, -0.1) is 0 Å². The van der Waals surface area contributed by atoms with Gasteiger partial charge in [-0.3, -0.25) is 46.5 Å². The number of esters is 2. The van der Waals surface area contributed by atoms with Crippen LogP contribution in [-0.2, 0) is 83.1 Å². The highest BCUT2D eigenvalue weighted by atomic mass is 31.3. The van der Waals surface area contributed by atoms with Gasteiger partial charge < -0.3 is 129 Å². The number of nitrogens with zero attached hydrogens (tertiary/aromatic N) is 10. The number of nitrogens with one attached hydrogen (secondary N) is 8. The summed E-state index contributed by atoms with van der Waals surface area (Å²) in [5, 5.41) is 37.6. The average molecular weight is 2180 g/mol. The molecule has 4 aliphatic heterocycles. The zero-order valence-electron chi connectivity index (χ0n) is 81.0. The second-order valence-electron chi connectivity index (χ2n) is 33.8. The first-order chi connectivity index (χ1) is 70.0. The lowest BCUT2D eigenvalue weighted by Crippen LogP contribution is -2.76. The Hall–Kier alpha value is -12.4. The van der Waals surface area contributed by atoms with E-state index in [1.165, 1.54) is 18.9 Å². The third-order valence-corrected chi connectivity index (χ3v) is 31.4. The maximum Gasteiger partial charge on any atom is 0.480 e. The van der Waals surface area contributed by atoms with Crippen molar-refractivity contribution in [3.05, 3.63) is 166 Å². The predicted octanol–water partition coefficient (Wildman–Crippen LogP) is 3.42. The molecule has 2 saturated heterocycles. The van der Waals surface area contributed by atoms with Crippen LogP contribution in [0.25, 0.3) is 89.2 Å². The van der Waals surface area contributed by atoms with Crippen molar-refractivity contribution in [2.24, 2.45) is 0 Å². The van der Waals surface area contributed by atoms with Crippen molar-refractivity contribution in [3.8, 4) is 44.9 Å². The van der Waals surface area contributed by atoms with Crippen LogP contribution in [-0.4, -0.2) is 254 Å². The molecule has 8 heterocycles. The zero-order valence-corrected chi connectivity index (χ0v) is 86.3. The molecule has 796 valence electrons. The highest BCUT2D eigenvalue weighted by molar-refractivity contribution is 7.71. The lowest BCUT2D eigenvalue weighted by Gasteiger charge is -2.24. The smallest absolute Gasteiger partial charge is 0.480 e. The number of rotatable bonds is 42. The summed E-state index contributed by atoms with van der Waals surface area (Å²) in [5.74, 6) is -0.611. The standard InChI is InChI=1S/2C44H55N10O17P3/c1-6-46-30-19-32-28(17-24(30)3)36(29-18-25(4)31(47-7-2)20-33(29)68-32)26-11-8-9-12-27(26)42(57)53(5)15-10-13-35(55)66-16-14-48-44(58)70-39-34(21-67-74(64,65)71-73(62,63)52-72(59,60)61)69-43(38(39)56)54-23-51-37-40(45)49-22-50-41(37)54;1-6-46-30-19-32-28(17-24(30)3)36(29-18-25(4)31(47-7-2)20-33(29)68-32)26-11-8-9-12-27(26)42(57)53(5)15-10-13-35(55)66-16-14-48-44(58)70-39-38(56)34(21-67-74(64,65)71-73(62,63)52-72(59,60)61)69-43(39)54-23-51-37-40(45)49-22-50-41(37)54/h2*8-9,11-12,17-20,22-23,34,38-39,43,46,56H,6-7,10,13-16,21H2,1-5H3,(H,48,58)(H,64,65)(H2,45,49,50)(H4,52,59,60,61,62,63)/t2*34-,38-,39-,43-/m11/s1. The molecule has 60 heteroatoms. The maximum atomic E-state index is 14.2. The molecule has 14 atom stereocenters. The van der Waals surface area contributed by atoms with Crippen LogP contribution in [0.4, 0.5) is 32.6 Å². The first-order valence-electron chi connectivity index (χ1n) is 45.8. The lowest BCUT2D eigenvalue weighted by atomic mass is 9.89. The molecule has 2 fully saturated rings. The van der Waals surface area contributed by atoms with E-state index in [0.29, 0.717) is 58.0 Å². The van der Waals surface area contributed by atoms with E-state index in [0.717, 1.165) is 125 Å². The summed E-state index contributed by atoms with van der Waals surface area (Å²) in [5.41, 5.74) is 24.9. The summed E-state index contributed by atoms with van der Waals surface area (Å²) >= 11 is 0. The van der Waals surface area contributed by atoms with E-state index < -0.39 is 133 Å². The van der Waals surface area contributed by atoms with E-state index in [1.807, 2.05) is 104 Å². The van der Waals surface area contributed by atoms with Crippen LogP contribution in [0.15, 0.2) is 131 Å². The van der Waals surface area contributed by atoms with Gasteiger partial charge in [0.2, 0.25) is 26.2 Å². The van der Waals surface area contributed by atoms with Crippen LogP contribution in [0.3, 0.4) is 0 Å². The van der Waals surface area contributed by atoms with E-state index >= 15 is 0 Å². The zero-order chi connectivity index (χ0) is 107. The van der Waals surface area contributed by atoms with Gasteiger partial charge in [-0.25, -0.2) is 67.7 Å². The number of nitrogen functional groups attached to an aromatic ring is 2. The number of hydrogen-bond donors (Lipinski definition) is 18. The van der Waals surface area contributed by atoms with Crippen LogP contribution in [0.1, 0.15) is 109 Å². The number of hydrogen-bond acceptors (Lipinski definition) is 38. The van der Waals surface area contributed by atoms with Crippen LogP contribution < -0.4 is 72.9 Å². The molecule has 4 amide bonds. The minimum absolute atomic E-state index is 0.0354. The number of ether oxygens (including phenoxy) is 6. The third kappa shape index (κ3) is 28.0. The van der Waals surface area contributed by atoms with Gasteiger partial charge in [-0.1, -0.05) is 36.4 Å². The fourth-order valence-corrected chi connectivity index (χ4v) is 23.3. The molecule has 0 bridgehead atoms. The molecule has 6 aliphatic rings. The fraction of sp³-hybridized carbons (Fsp3) is 0.386. The Morgan fingerprint density at radius 1 is 0.507 bits per heavy atom. The molecule has 6 unspecified atom stereocenters. The van der Waals surface area contributed by atoms with E-state index in [9.17, 15) is 95.7 Å². The molecule has 0 spiro atoms. The summed E-state index contributed by atoms with van der Waals surface area (Å²) in [6.07, 6.45) is -10.9. The molecule has 20 N–H and O–H groups in total. The Morgan fingerprint density at radius 2 is 0.912 bits per heavy atom. The van der Waals surface area contributed by atoms with Crippen molar-refractivity contribution in [3.63, 3.8) is 0 Å². The highest BCUT2D eigenvalue weighted by Crippen LogP contribution is 2.62. The molecule has 4 aromatic carbocycles. The normalized spacial score (nSPS) is 19.5. The number of nitrogens with two attached hydrogens (primary N) is 2. The topological polar surface area (TPSA) is 777 Å². The number of aryl methyl sites for hydroxylation is 4. The minimum atomic E-state index is -5.71. The van der Waals surface area contributed by atoms with E-state index in [-0.39, 0.29) is 111 Å². The number of alkyl carbamates (subject to hydrolysis) is 2. The van der Waals surface area contributed by atoms with Crippen molar-refractivity contribution in [2.75, 3.05) is 115 Å². The van der Waals surface area contributed by atoms with Crippen molar-refractivity contribution in [2.45, 2.75) is 130 Å². The second kappa shape index (κ2) is 48.1. The molecular weight excluding hydrogens is 2070 g/mol. The van der Waals surface area contributed by atoms with Crippen molar-refractivity contribution < 1.29 is 170 Å². The summed E-state index contributed by atoms with van der Waals surface area (Å²) in [7, 11) is -30.8. The Morgan fingerprint density at radius 3 is 1.33 bits per heavy atom. The van der Waals surface area contributed by atoms with Crippen molar-refractivity contribution in [1.82, 2.24) is 69.2 Å². The van der Waals surface area contributed by atoms with Gasteiger partial charge in [0.25, 0.3) is 11.8 Å².